The number of carbonyl (C=O) groups excluding carboxylic acids is 1. The molecule has 0 saturated carbocycles. The van der Waals surface area contributed by atoms with Crippen LogP contribution in [0.4, 0.5) is 0 Å². The van der Waals surface area contributed by atoms with E-state index in [1.807, 2.05) is 32.6 Å². The van der Waals surface area contributed by atoms with Crippen LogP contribution in [0.15, 0.2) is 18.3 Å². The third-order valence-corrected chi connectivity index (χ3v) is 3.44. The maximum atomic E-state index is 12.8. The van der Waals surface area contributed by atoms with Crippen LogP contribution in [0.5, 0.6) is 0 Å². The number of hydrogen-bond donors (Lipinski definition) is 0. The number of aromatic nitrogens is 4. The highest BCUT2D eigenvalue weighted by atomic mass is 16.5. The summed E-state index contributed by atoms with van der Waals surface area (Å²) in [4.78, 5) is 14.7. The molecule has 3 rings (SSSR count). The van der Waals surface area contributed by atoms with Crippen molar-refractivity contribution in [2.75, 3.05) is 13.1 Å². The number of fused-ring (bicyclic) bond motifs is 1. The predicted octanol–water partition coefficient (Wildman–Crippen LogP) is 1.15. The topological polar surface area (TPSA) is 72.6 Å². The largest absolute Gasteiger partial charge is 0.366 e. The summed E-state index contributed by atoms with van der Waals surface area (Å²) in [5, 5.41) is 11.4. The first-order valence-electron chi connectivity index (χ1n) is 6.94. The summed E-state index contributed by atoms with van der Waals surface area (Å²) in [5.41, 5.74) is 0.226. The number of morpholine rings is 1. The first kappa shape index (κ1) is 13.9. The molecule has 0 spiro atoms. The lowest BCUT2D eigenvalue weighted by atomic mass is 9.98. The molecule has 21 heavy (non-hydrogen) atoms. The highest BCUT2D eigenvalue weighted by Crippen LogP contribution is 2.29. The van der Waals surface area contributed by atoms with E-state index in [0.717, 1.165) is 0 Å². The molecule has 1 aliphatic heterocycles. The summed E-state index contributed by atoms with van der Waals surface area (Å²) in [5.74, 6) is -0.0696. The average Bonchev–Trinajstić information content (AvgIpc) is 2.82. The Labute approximate surface area is 122 Å². The van der Waals surface area contributed by atoms with Crippen LogP contribution < -0.4 is 0 Å². The van der Waals surface area contributed by atoms with Gasteiger partial charge in [0, 0.05) is 19.3 Å². The molecule has 2 aromatic rings. The number of amides is 1. The average molecular weight is 289 g/mol. The van der Waals surface area contributed by atoms with Crippen molar-refractivity contribution in [3.8, 4) is 0 Å². The van der Waals surface area contributed by atoms with Crippen LogP contribution in [0.25, 0.3) is 5.65 Å². The van der Waals surface area contributed by atoms with E-state index < -0.39 is 0 Å². The number of carbonyl (C=O) groups is 1. The number of rotatable bonds is 1. The second kappa shape index (κ2) is 4.49. The van der Waals surface area contributed by atoms with Gasteiger partial charge in [-0.25, -0.2) is 0 Å². The Hall–Kier alpha value is -2.02. The minimum Gasteiger partial charge on any atom is -0.366 e. The monoisotopic (exact) mass is 289 g/mol. The molecule has 1 saturated heterocycles. The van der Waals surface area contributed by atoms with Crippen LogP contribution in [0.2, 0.25) is 0 Å². The molecular formula is C14H19N5O2. The van der Waals surface area contributed by atoms with Gasteiger partial charge in [-0.15, -0.1) is 5.10 Å². The molecule has 0 N–H and O–H groups in total. The zero-order valence-corrected chi connectivity index (χ0v) is 12.7. The fraction of sp³-hybridized carbons (Fsp3) is 0.571. The van der Waals surface area contributed by atoms with Gasteiger partial charge in [0.15, 0.2) is 5.65 Å². The van der Waals surface area contributed by atoms with Crippen molar-refractivity contribution in [2.45, 2.75) is 38.9 Å². The summed E-state index contributed by atoms with van der Waals surface area (Å²) in [6, 6.07) is 3.52. The minimum atomic E-state index is -0.381. The van der Waals surface area contributed by atoms with Crippen molar-refractivity contribution < 1.29 is 9.53 Å². The maximum absolute atomic E-state index is 12.8. The molecule has 0 aliphatic carbocycles. The fourth-order valence-corrected chi connectivity index (χ4v) is 3.04. The molecule has 2 aromatic heterocycles. The molecule has 0 bridgehead atoms. The van der Waals surface area contributed by atoms with Crippen LogP contribution in [-0.2, 0) is 4.74 Å². The van der Waals surface area contributed by atoms with Gasteiger partial charge in [-0.3, -0.25) is 4.79 Å². The first-order valence-corrected chi connectivity index (χ1v) is 6.94. The van der Waals surface area contributed by atoms with Crippen molar-refractivity contribution >= 4 is 11.6 Å². The minimum absolute atomic E-state index is 0.0696. The number of ether oxygens (including phenoxy) is 1. The second-order valence-corrected chi connectivity index (χ2v) is 6.65. The van der Waals surface area contributed by atoms with Gasteiger partial charge < -0.3 is 9.64 Å². The Morgan fingerprint density at radius 2 is 1.90 bits per heavy atom. The lowest BCUT2D eigenvalue weighted by molar-refractivity contribution is -0.171. The van der Waals surface area contributed by atoms with Crippen LogP contribution in [0, 0.1) is 0 Å². The van der Waals surface area contributed by atoms with E-state index in [1.165, 1.54) is 4.52 Å². The van der Waals surface area contributed by atoms with Gasteiger partial charge in [0.1, 0.15) is 0 Å². The van der Waals surface area contributed by atoms with Gasteiger partial charge >= 0.3 is 0 Å². The van der Waals surface area contributed by atoms with Crippen molar-refractivity contribution in [1.82, 2.24) is 24.9 Å². The van der Waals surface area contributed by atoms with E-state index in [-0.39, 0.29) is 17.1 Å². The van der Waals surface area contributed by atoms with Gasteiger partial charge in [-0.2, -0.15) is 4.52 Å². The first-order chi connectivity index (χ1) is 9.77. The van der Waals surface area contributed by atoms with Crippen LogP contribution in [-0.4, -0.2) is 55.1 Å². The second-order valence-electron chi connectivity index (χ2n) is 6.65. The van der Waals surface area contributed by atoms with Crippen LogP contribution >= 0.6 is 0 Å². The molecule has 0 aromatic carbocycles. The van der Waals surface area contributed by atoms with Gasteiger partial charge in [-0.05, 0) is 50.3 Å². The molecule has 0 atom stereocenters. The van der Waals surface area contributed by atoms with E-state index in [1.54, 1.807) is 18.3 Å². The summed E-state index contributed by atoms with van der Waals surface area (Å²) in [6.45, 7) is 9.05. The summed E-state index contributed by atoms with van der Waals surface area (Å²) >= 11 is 0. The Morgan fingerprint density at radius 3 is 2.57 bits per heavy atom. The quantitative estimate of drug-likeness (QED) is 0.787. The Kier molecular flexibility index (Phi) is 2.98. The van der Waals surface area contributed by atoms with Crippen LogP contribution in [0.1, 0.15) is 38.1 Å². The van der Waals surface area contributed by atoms with E-state index in [9.17, 15) is 4.79 Å². The maximum Gasteiger partial charge on any atom is 0.257 e. The molecule has 7 heteroatoms. The molecule has 3 heterocycles. The van der Waals surface area contributed by atoms with E-state index in [0.29, 0.717) is 24.3 Å². The predicted molar refractivity (Wildman–Crippen MR) is 75.9 cm³/mol. The summed E-state index contributed by atoms with van der Waals surface area (Å²) in [7, 11) is 0. The van der Waals surface area contributed by atoms with Crippen LogP contribution in [0.3, 0.4) is 0 Å². The SMILES string of the molecule is CC1(C)CN(C(=O)c2cccn3nnnc23)CC(C)(C)O1. The van der Waals surface area contributed by atoms with Gasteiger partial charge in [0.25, 0.3) is 5.91 Å². The van der Waals surface area contributed by atoms with E-state index in [2.05, 4.69) is 15.5 Å². The molecule has 1 fully saturated rings. The molecule has 0 unspecified atom stereocenters. The lowest BCUT2D eigenvalue weighted by Crippen LogP contribution is -2.58. The van der Waals surface area contributed by atoms with E-state index >= 15 is 0 Å². The zero-order chi connectivity index (χ0) is 15.3. The highest BCUT2D eigenvalue weighted by Gasteiger charge is 2.40. The Bertz CT molecular complexity index is 675. The third-order valence-electron chi connectivity index (χ3n) is 3.44. The van der Waals surface area contributed by atoms with Gasteiger partial charge in [0.05, 0.1) is 16.8 Å². The molecular weight excluding hydrogens is 270 g/mol. The molecule has 0 radical (unpaired) electrons. The fourth-order valence-electron chi connectivity index (χ4n) is 3.04. The van der Waals surface area contributed by atoms with E-state index in [4.69, 9.17) is 4.74 Å². The highest BCUT2D eigenvalue weighted by molar-refractivity contribution is 5.99. The smallest absolute Gasteiger partial charge is 0.257 e. The molecule has 112 valence electrons. The summed E-state index contributed by atoms with van der Waals surface area (Å²) in [6.07, 6.45) is 1.72. The molecule has 1 aliphatic rings. The number of nitrogens with zero attached hydrogens (tertiary/aromatic N) is 5. The van der Waals surface area contributed by atoms with Gasteiger partial charge in [-0.1, -0.05) is 0 Å². The van der Waals surface area contributed by atoms with Crippen molar-refractivity contribution in [1.29, 1.82) is 0 Å². The zero-order valence-electron chi connectivity index (χ0n) is 12.7. The summed E-state index contributed by atoms with van der Waals surface area (Å²) < 4.78 is 7.51. The Morgan fingerprint density at radius 1 is 1.24 bits per heavy atom. The third kappa shape index (κ3) is 2.61. The normalized spacial score (nSPS) is 20.7. The van der Waals surface area contributed by atoms with Gasteiger partial charge in [0.2, 0.25) is 0 Å². The van der Waals surface area contributed by atoms with Crippen molar-refractivity contribution in [2.24, 2.45) is 0 Å². The molecule has 7 nitrogen and oxygen atoms in total. The lowest BCUT2D eigenvalue weighted by Gasteiger charge is -2.47. The van der Waals surface area contributed by atoms with Crippen molar-refractivity contribution in [3.05, 3.63) is 23.9 Å². The van der Waals surface area contributed by atoms with Crippen molar-refractivity contribution in [3.63, 3.8) is 0 Å². The number of pyridine rings is 1. The molecule has 1 amide bonds. The number of hydrogen-bond acceptors (Lipinski definition) is 5. The Balaban J connectivity index is 1.96. The number of tetrazole rings is 1. The standard InChI is InChI=1S/C14H19N5O2/c1-13(2)8-18(9-14(3,4)21-13)12(20)10-6-5-7-19-11(10)15-16-17-19/h5-7H,8-9H2,1-4H3.